The number of amides is 1. The fourth-order valence-electron chi connectivity index (χ4n) is 3.68. The molecule has 0 saturated carbocycles. The molecule has 1 aliphatic rings. The summed E-state index contributed by atoms with van der Waals surface area (Å²) in [5.74, 6) is 0.724. The molecule has 1 atom stereocenters. The highest BCUT2D eigenvalue weighted by atomic mass is 35.5. The van der Waals surface area contributed by atoms with Crippen molar-refractivity contribution < 1.29 is 4.79 Å². The van der Waals surface area contributed by atoms with Crippen molar-refractivity contribution in [2.45, 2.75) is 65.8 Å². The maximum absolute atomic E-state index is 13.1. The van der Waals surface area contributed by atoms with Gasteiger partial charge < -0.3 is 10.6 Å². The zero-order valence-corrected chi connectivity index (χ0v) is 20.0. The third-order valence-electron chi connectivity index (χ3n) is 5.25. The van der Waals surface area contributed by atoms with Crippen LogP contribution in [-0.2, 0) is 5.54 Å². The molecule has 0 radical (unpaired) electrons. The summed E-state index contributed by atoms with van der Waals surface area (Å²) in [6.07, 6.45) is 2.34. The number of carbonyl (C=O) groups is 1. The Hall–Kier alpha value is -1.37. The zero-order chi connectivity index (χ0) is 19.8. The molecule has 2 aromatic heterocycles. The van der Waals surface area contributed by atoms with Crippen LogP contribution in [0.1, 0.15) is 75.1 Å². The summed E-state index contributed by atoms with van der Waals surface area (Å²) < 4.78 is 1.95. The molecule has 1 saturated heterocycles. The smallest absolute Gasteiger partial charge is 0.252 e. The number of carbonyl (C=O) groups excluding carboxylic acids is 1. The number of halogens is 2. The topological polar surface area (TPSA) is 71.8 Å². The number of nitrogens with zero attached hydrogens (tertiary/aromatic N) is 3. The predicted octanol–water partition coefficient (Wildman–Crippen LogP) is 4.19. The van der Waals surface area contributed by atoms with Crippen LogP contribution >= 0.6 is 24.8 Å². The number of piperidine rings is 1. The Morgan fingerprint density at radius 3 is 2.59 bits per heavy atom. The van der Waals surface area contributed by atoms with Crippen molar-refractivity contribution in [3.05, 3.63) is 23.0 Å². The van der Waals surface area contributed by atoms with E-state index in [-0.39, 0.29) is 42.2 Å². The Bertz CT molecular complexity index is 836. The van der Waals surface area contributed by atoms with Crippen LogP contribution in [0.25, 0.3) is 11.0 Å². The average molecular weight is 444 g/mol. The van der Waals surface area contributed by atoms with Gasteiger partial charge in [-0.15, -0.1) is 24.8 Å². The summed E-state index contributed by atoms with van der Waals surface area (Å²) in [6.45, 7) is 15.3. The van der Waals surface area contributed by atoms with Crippen LogP contribution in [0.15, 0.2) is 6.07 Å². The minimum atomic E-state index is -0.198. The lowest BCUT2D eigenvalue weighted by Crippen LogP contribution is -2.38. The van der Waals surface area contributed by atoms with Crippen molar-refractivity contribution in [1.82, 2.24) is 25.4 Å². The van der Waals surface area contributed by atoms with E-state index in [1.54, 1.807) is 0 Å². The van der Waals surface area contributed by atoms with Crippen molar-refractivity contribution >= 4 is 41.8 Å². The molecule has 1 aliphatic heterocycles. The molecule has 0 aliphatic carbocycles. The SMILES string of the molecule is Cc1nn(C(C)(C)C)c2nc(C(C)C)cc(C(=O)NCC3CCCNC3)c12.Cl.Cl. The Labute approximate surface area is 186 Å². The summed E-state index contributed by atoms with van der Waals surface area (Å²) in [5, 5.41) is 12.2. The first-order valence-electron chi connectivity index (χ1n) is 10.1. The first-order valence-corrected chi connectivity index (χ1v) is 10.1. The molecule has 1 fully saturated rings. The van der Waals surface area contributed by atoms with Gasteiger partial charge in [-0.25, -0.2) is 9.67 Å². The molecular formula is C21H35Cl2N5O. The van der Waals surface area contributed by atoms with Gasteiger partial charge in [0.1, 0.15) is 0 Å². The first kappa shape index (κ1) is 25.7. The molecule has 3 rings (SSSR count). The minimum absolute atomic E-state index is 0. The van der Waals surface area contributed by atoms with E-state index in [0.717, 1.165) is 41.9 Å². The number of fused-ring (bicyclic) bond motifs is 1. The maximum atomic E-state index is 13.1. The number of hydrogen-bond donors (Lipinski definition) is 2. The lowest BCUT2D eigenvalue weighted by Gasteiger charge is -2.23. The molecule has 6 nitrogen and oxygen atoms in total. The quantitative estimate of drug-likeness (QED) is 0.742. The summed E-state index contributed by atoms with van der Waals surface area (Å²) in [7, 11) is 0. The van der Waals surface area contributed by atoms with Gasteiger partial charge in [0, 0.05) is 12.2 Å². The van der Waals surface area contributed by atoms with Gasteiger partial charge in [-0.1, -0.05) is 13.8 Å². The lowest BCUT2D eigenvalue weighted by atomic mass is 9.99. The van der Waals surface area contributed by atoms with Crippen LogP contribution in [0.3, 0.4) is 0 Å². The van der Waals surface area contributed by atoms with E-state index >= 15 is 0 Å². The van der Waals surface area contributed by atoms with Gasteiger partial charge in [0.05, 0.1) is 22.2 Å². The van der Waals surface area contributed by atoms with Crippen LogP contribution in [0.5, 0.6) is 0 Å². The molecule has 2 aromatic rings. The summed E-state index contributed by atoms with van der Waals surface area (Å²) in [4.78, 5) is 18.0. The largest absolute Gasteiger partial charge is 0.352 e. The van der Waals surface area contributed by atoms with Gasteiger partial charge in [-0.2, -0.15) is 5.10 Å². The molecule has 29 heavy (non-hydrogen) atoms. The second-order valence-electron chi connectivity index (χ2n) is 9.04. The zero-order valence-electron chi connectivity index (χ0n) is 18.3. The number of rotatable bonds is 4. The van der Waals surface area contributed by atoms with Crippen LogP contribution in [0.2, 0.25) is 0 Å². The molecule has 8 heteroatoms. The fourth-order valence-corrected chi connectivity index (χ4v) is 3.68. The summed E-state index contributed by atoms with van der Waals surface area (Å²) in [6, 6.07) is 1.95. The molecule has 0 spiro atoms. The van der Waals surface area contributed by atoms with E-state index in [9.17, 15) is 4.79 Å². The maximum Gasteiger partial charge on any atom is 0.252 e. The molecule has 0 bridgehead atoms. The molecule has 1 unspecified atom stereocenters. The lowest BCUT2D eigenvalue weighted by molar-refractivity contribution is 0.0946. The Morgan fingerprint density at radius 1 is 1.34 bits per heavy atom. The highest BCUT2D eigenvalue weighted by Crippen LogP contribution is 2.29. The van der Waals surface area contributed by atoms with E-state index < -0.39 is 0 Å². The minimum Gasteiger partial charge on any atom is -0.352 e. The third kappa shape index (κ3) is 5.62. The van der Waals surface area contributed by atoms with E-state index in [1.807, 2.05) is 17.7 Å². The molecule has 164 valence electrons. The number of aromatic nitrogens is 3. The monoisotopic (exact) mass is 443 g/mol. The number of aryl methyl sites for hydroxylation is 1. The number of pyridine rings is 1. The van der Waals surface area contributed by atoms with Crippen molar-refractivity contribution in [3.8, 4) is 0 Å². The van der Waals surface area contributed by atoms with Crippen molar-refractivity contribution in [1.29, 1.82) is 0 Å². The highest BCUT2D eigenvalue weighted by Gasteiger charge is 2.25. The Morgan fingerprint density at radius 2 is 2.03 bits per heavy atom. The van der Waals surface area contributed by atoms with Crippen molar-refractivity contribution in [3.63, 3.8) is 0 Å². The van der Waals surface area contributed by atoms with Crippen LogP contribution in [0.4, 0.5) is 0 Å². The van der Waals surface area contributed by atoms with E-state index in [4.69, 9.17) is 10.1 Å². The second-order valence-corrected chi connectivity index (χ2v) is 9.04. The molecule has 0 aromatic carbocycles. The van der Waals surface area contributed by atoms with Gasteiger partial charge in [0.25, 0.3) is 5.91 Å². The third-order valence-corrected chi connectivity index (χ3v) is 5.25. The Kier molecular flexibility index (Phi) is 8.93. The molecule has 2 N–H and O–H groups in total. The van der Waals surface area contributed by atoms with Crippen LogP contribution < -0.4 is 10.6 Å². The van der Waals surface area contributed by atoms with E-state index in [0.29, 0.717) is 18.0 Å². The standard InChI is InChI=1S/C21H33N5O.2ClH/c1-13(2)17-10-16(20(27)23-12-15-8-7-9-22-11-15)18-14(3)25-26(19(18)24-17)21(4,5)6;;/h10,13,15,22H,7-9,11-12H2,1-6H3,(H,23,27);2*1H. The van der Waals surface area contributed by atoms with E-state index in [1.165, 1.54) is 6.42 Å². The van der Waals surface area contributed by atoms with Crippen molar-refractivity contribution in [2.24, 2.45) is 5.92 Å². The fraction of sp³-hybridized carbons (Fsp3) is 0.667. The van der Waals surface area contributed by atoms with Crippen molar-refractivity contribution in [2.75, 3.05) is 19.6 Å². The molecule has 3 heterocycles. The number of nitrogens with one attached hydrogen (secondary N) is 2. The normalized spacial score (nSPS) is 17.0. The van der Waals surface area contributed by atoms with Gasteiger partial charge in [0.2, 0.25) is 0 Å². The highest BCUT2D eigenvalue weighted by molar-refractivity contribution is 6.06. The summed E-state index contributed by atoms with van der Waals surface area (Å²) >= 11 is 0. The predicted molar refractivity (Wildman–Crippen MR) is 124 cm³/mol. The van der Waals surface area contributed by atoms with Gasteiger partial charge in [-0.3, -0.25) is 4.79 Å². The second kappa shape index (κ2) is 10.1. The Balaban J connectivity index is 0.00000210. The van der Waals surface area contributed by atoms with Gasteiger partial charge in [-0.05, 0) is 71.5 Å². The van der Waals surface area contributed by atoms with Gasteiger partial charge >= 0.3 is 0 Å². The first-order chi connectivity index (χ1) is 12.7. The average Bonchev–Trinajstić information content (AvgIpc) is 2.97. The molecule has 1 amide bonds. The molecular weight excluding hydrogens is 409 g/mol. The van der Waals surface area contributed by atoms with Crippen LogP contribution in [0, 0.1) is 12.8 Å². The number of hydrogen-bond acceptors (Lipinski definition) is 4. The van der Waals surface area contributed by atoms with Crippen LogP contribution in [-0.4, -0.2) is 40.3 Å². The van der Waals surface area contributed by atoms with E-state index in [2.05, 4.69) is 45.3 Å². The summed E-state index contributed by atoms with van der Waals surface area (Å²) in [5.41, 5.74) is 3.08. The van der Waals surface area contributed by atoms with Gasteiger partial charge in [0.15, 0.2) is 5.65 Å².